The molecule has 0 saturated heterocycles. The zero-order valence-corrected chi connectivity index (χ0v) is 43.8. The number of hydrogen-bond acceptors (Lipinski definition) is 1. The van der Waals surface area contributed by atoms with Crippen molar-refractivity contribution in [1.82, 2.24) is 0 Å². The maximum Gasteiger partial charge on any atom is 0.0713 e. The number of aryl methyl sites for hydroxylation is 2. The fraction of sp³-hybridized carbons (Fsp3) is 0.0789. The van der Waals surface area contributed by atoms with Gasteiger partial charge in [-0.1, -0.05) is 238 Å². The van der Waals surface area contributed by atoms with E-state index in [9.17, 15) is 0 Å². The van der Waals surface area contributed by atoms with Crippen LogP contribution < -0.4 is 4.90 Å². The molecule has 1 heteroatoms. The van der Waals surface area contributed by atoms with E-state index in [2.05, 4.69) is 293 Å². The Labute approximate surface area is 451 Å². The van der Waals surface area contributed by atoms with Gasteiger partial charge in [0.05, 0.1) is 16.8 Å². The van der Waals surface area contributed by atoms with E-state index in [1.807, 2.05) is 0 Å². The molecule has 77 heavy (non-hydrogen) atoms. The van der Waals surface area contributed by atoms with Gasteiger partial charge in [-0.15, -0.1) is 0 Å². The average Bonchev–Trinajstić information content (AvgIpc) is 3.90. The maximum atomic E-state index is 2.51. The Morgan fingerprint density at radius 3 is 1.23 bits per heavy atom. The van der Waals surface area contributed by atoms with Gasteiger partial charge in [-0.05, 0) is 172 Å². The summed E-state index contributed by atoms with van der Waals surface area (Å²) in [6, 6.07) is 98.3. The molecule has 2 aliphatic carbocycles. The van der Waals surface area contributed by atoms with Crippen LogP contribution >= 0.6 is 0 Å². The van der Waals surface area contributed by atoms with Crippen LogP contribution in [0.2, 0.25) is 0 Å². The highest BCUT2D eigenvalue weighted by atomic mass is 15.1. The summed E-state index contributed by atoms with van der Waals surface area (Å²) in [5, 5.41) is 10.0. The molecule has 15 rings (SSSR count). The van der Waals surface area contributed by atoms with Crippen LogP contribution in [0, 0.1) is 13.8 Å². The van der Waals surface area contributed by atoms with E-state index in [4.69, 9.17) is 0 Å². The largest absolute Gasteiger partial charge is 0.309 e. The van der Waals surface area contributed by atoms with Crippen molar-refractivity contribution < 1.29 is 0 Å². The molecule has 0 amide bonds. The molecule has 0 aliphatic heterocycles. The van der Waals surface area contributed by atoms with Gasteiger partial charge < -0.3 is 4.90 Å². The zero-order chi connectivity index (χ0) is 51.6. The molecule has 0 spiro atoms. The van der Waals surface area contributed by atoms with Crippen molar-refractivity contribution in [2.24, 2.45) is 0 Å². The first-order valence-corrected chi connectivity index (χ1v) is 27.2. The molecule has 0 aromatic heterocycles. The van der Waals surface area contributed by atoms with Crippen molar-refractivity contribution in [2.45, 2.75) is 38.5 Å². The first kappa shape index (κ1) is 45.1. The minimum Gasteiger partial charge on any atom is -0.309 e. The Morgan fingerprint density at radius 1 is 0.286 bits per heavy atom. The molecule has 2 aliphatic rings. The first-order valence-electron chi connectivity index (χ1n) is 27.2. The van der Waals surface area contributed by atoms with Gasteiger partial charge in [0.25, 0.3) is 0 Å². The maximum absolute atomic E-state index is 2.51. The SMILES string of the molecule is Cc1ccc(N(c2ccc3c(c2)C(C)(C)c2cc(-c4c5ccccc5c(-c5ccc6c(c5)-c5ccccc5C6(c5ccccc5)c5ccccc5)c5ccccc45)ccc2-3)c2ccc(C)c3ccccc23)c2ccccc12. The molecule has 13 aromatic carbocycles. The summed E-state index contributed by atoms with van der Waals surface area (Å²) < 4.78 is 0. The molecular weight excluding hydrogens is 927 g/mol. The molecule has 0 atom stereocenters. The minimum atomic E-state index is -0.450. The van der Waals surface area contributed by atoms with E-state index in [1.54, 1.807) is 0 Å². The van der Waals surface area contributed by atoms with Gasteiger partial charge in [0, 0.05) is 21.9 Å². The van der Waals surface area contributed by atoms with E-state index in [-0.39, 0.29) is 5.41 Å². The van der Waals surface area contributed by atoms with Crippen molar-refractivity contribution in [1.29, 1.82) is 0 Å². The number of anilines is 3. The lowest BCUT2D eigenvalue weighted by atomic mass is 9.67. The molecule has 0 fully saturated rings. The first-order chi connectivity index (χ1) is 37.8. The normalized spacial score (nSPS) is 13.7. The second-order valence-corrected chi connectivity index (χ2v) is 22.0. The lowest BCUT2D eigenvalue weighted by Crippen LogP contribution is -2.28. The van der Waals surface area contributed by atoms with E-state index in [0.717, 1.165) is 5.69 Å². The van der Waals surface area contributed by atoms with Gasteiger partial charge in [-0.3, -0.25) is 0 Å². The number of rotatable bonds is 7. The van der Waals surface area contributed by atoms with Gasteiger partial charge in [-0.25, -0.2) is 0 Å². The van der Waals surface area contributed by atoms with Crippen LogP contribution in [0.4, 0.5) is 17.1 Å². The minimum absolute atomic E-state index is 0.284. The third-order valence-corrected chi connectivity index (χ3v) is 17.6. The molecule has 0 radical (unpaired) electrons. The fourth-order valence-corrected chi connectivity index (χ4v) is 14.0. The second-order valence-electron chi connectivity index (χ2n) is 22.0. The fourth-order valence-electron chi connectivity index (χ4n) is 14.0. The number of nitrogens with zero attached hydrogens (tertiary/aromatic N) is 1. The molecule has 0 N–H and O–H groups in total. The Balaban J connectivity index is 0.885. The highest BCUT2D eigenvalue weighted by Gasteiger charge is 2.46. The highest BCUT2D eigenvalue weighted by Crippen LogP contribution is 2.58. The van der Waals surface area contributed by atoms with E-state index >= 15 is 0 Å². The molecule has 1 nitrogen and oxygen atoms in total. The molecular formula is C76H55N. The van der Waals surface area contributed by atoms with Crippen LogP contribution in [-0.4, -0.2) is 0 Å². The summed E-state index contributed by atoms with van der Waals surface area (Å²) in [5.41, 5.74) is 23.4. The molecule has 0 unspecified atom stereocenters. The third-order valence-electron chi connectivity index (χ3n) is 17.6. The molecule has 0 bridgehead atoms. The van der Waals surface area contributed by atoms with E-state index < -0.39 is 5.41 Å². The Morgan fingerprint density at radius 2 is 0.688 bits per heavy atom. The summed E-state index contributed by atoms with van der Waals surface area (Å²) in [6.45, 7) is 9.29. The number of fused-ring (bicyclic) bond motifs is 10. The topological polar surface area (TPSA) is 3.24 Å². The van der Waals surface area contributed by atoms with Crippen LogP contribution in [0.3, 0.4) is 0 Å². The predicted octanol–water partition coefficient (Wildman–Crippen LogP) is 20.4. The number of benzene rings is 13. The Hall–Kier alpha value is -9.30. The van der Waals surface area contributed by atoms with Gasteiger partial charge in [0.1, 0.15) is 0 Å². The summed E-state index contributed by atoms with van der Waals surface area (Å²) in [7, 11) is 0. The van der Waals surface area contributed by atoms with Crippen LogP contribution in [0.25, 0.3) is 87.6 Å². The van der Waals surface area contributed by atoms with Crippen LogP contribution in [0.5, 0.6) is 0 Å². The highest BCUT2D eigenvalue weighted by molar-refractivity contribution is 6.22. The van der Waals surface area contributed by atoms with Gasteiger partial charge in [0.15, 0.2) is 0 Å². The van der Waals surface area contributed by atoms with Crippen LogP contribution in [-0.2, 0) is 10.8 Å². The van der Waals surface area contributed by atoms with Crippen molar-refractivity contribution in [2.75, 3.05) is 4.90 Å². The second kappa shape index (κ2) is 17.1. The lowest BCUT2D eigenvalue weighted by molar-refractivity contribution is 0.660. The van der Waals surface area contributed by atoms with Crippen molar-refractivity contribution in [3.8, 4) is 44.5 Å². The van der Waals surface area contributed by atoms with Crippen molar-refractivity contribution in [3.05, 3.63) is 305 Å². The molecule has 13 aromatic rings. The quantitative estimate of drug-likeness (QED) is 0.144. The summed E-state index contributed by atoms with van der Waals surface area (Å²) in [6.07, 6.45) is 0. The molecule has 364 valence electrons. The Bertz CT molecular complexity index is 4380. The lowest BCUT2D eigenvalue weighted by Gasteiger charge is -2.33. The predicted molar refractivity (Wildman–Crippen MR) is 326 cm³/mol. The van der Waals surface area contributed by atoms with Crippen molar-refractivity contribution in [3.63, 3.8) is 0 Å². The third kappa shape index (κ3) is 6.54. The van der Waals surface area contributed by atoms with Gasteiger partial charge in [-0.2, -0.15) is 0 Å². The van der Waals surface area contributed by atoms with Gasteiger partial charge in [0.2, 0.25) is 0 Å². The molecule has 0 heterocycles. The Kier molecular flexibility index (Phi) is 10.0. The monoisotopic (exact) mass is 981 g/mol. The van der Waals surface area contributed by atoms with Crippen LogP contribution in [0.1, 0.15) is 58.4 Å². The molecule has 0 saturated carbocycles. The summed E-state index contributed by atoms with van der Waals surface area (Å²) in [5.74, 6) is 0. The van der Waals surface area contributed by atoms with E-state index in [1.165, 1.54) is 143 Å². The number of hydrogen-bond donors (Lipinski definition) is 0. The summed E-state index contributed by atoms with van der Waals surface area (Å²) in [4.78, 5) is 2.51. The van der Waals surface area contributed by atoms with E-state index in [0.29, 0.717) is 0 Å². The van der Waals surface area contributed by atoms with Crippen molar-refractivity contribution >= 4 is 60.2 Å². The van der Waals surface area contributed by atoms with Gasteiger partial charge >= 0.3 is 0 Å². The smallest absolute Gasteiger partial charge is 0.0713 e. The zero-order valence-electron chi connectivity index (χ0n) is 43.8. The van der Waals surface area contributed by atoms with Crippen LogP contribution in [0.15, 0.2) is 261 Å². The average molecular weight is 982 g/mol. The standard InChI is InChI=1S/C76H55N/c1-48-35-43-71(60-28-13-11-25-55(48)60)77(72-44-36-49(2)56-26-12-14-29-61(56)72)54-39-41-59-58-40-37-51(46-69(58)75(3,4)70(59)47-54)74-64-32-17-15-30-62(64)73(63-31-16-18-33-65(63)74)50-38-42-68-66(45-50)57-27-19-20-34-67(57)76(68,52-21-7-5-8-22-52)53-23-9-6-10-24-53/h5-47H,1-4H3. The summed E-state index contributed by atoms with van der Waals surface area (Å²) >= 11 is 0.